The first-order chi connectivity index (χ1) is 20.5. The summed E-state index contributed by atoms with van der Waals surface area (Å²) in [6, 6.07) is 54.9. The molecule has 0 fully saturated rings. The molecule has 0 aliphatic rings. The van der Waals surface area contributed by atoms with E-state index in [9.17, 15) is 0 Å². The van der Waals surface area contributed by atoms with Gasteiger partial charge in [0.2, 0.25) is 0 Å². The summed E-state index contributed by atoms with van der Waals surface area (Å²) in [7, 11) is -1.51. The monoisotopic (exact) mass is 578 g/mol. The smallest absolute Gasteiger partial charge is 0.00724 e. The van der Waals surface area contributed by atoms with Crippen molar-refractivity contribution in [2.45, 2.75) is 27.7 Å². The Morgan fingerprint density at radius 1 is 0.286 bits per heavy atom. The molecule has 0 nitrogen and oxygen atoms in total. The molecule has 206 valence electrons. The summed E-state index contributed by atoms with van der Waals surface area (Å²) in [5, 5.41) is 8.31. The molecule has 6 aromatic rings. The lowest BCUT2D eigenvalue weighted by Crippen LogP contribution is -2.25. The second kappa shape index (κ2) is 12.6. The number of hydrogen-bond acceptors (Lipinski definition) is 0. The highest BCUT2D eigenvalue weighted by atomic mass is 31.1. The van der Waals surface area contributed by atoms with Crippen LogP contribution in [0.15, 0.2) is 146 Å². The predicted octanol–water partition coefficient (Wildman–Crippen LogP) is 8.10. The van der Waals surface area contributed by atoms with Crippen LogP contribution in [-0.4, -0.2) is 0 Å². The molecular weight excluding hydrogens is 542 g/mol. The van der Waals surface area contributed by atoms with Gasteiger partial charge in [-0.2, -0.15) is 0 Å². The van der Waals surface area contributed by atoms with E-state index in [2.05, 4.69) is 173 Å². The standard InChI is InChI=1S/C40H36P2/c1-29-13-21-33(22-14-29)41(34-23-15-30(2)16-24-34)39-11-7-5-9-37(39)38-10-6-8-12-40(38)42(35-25-17-31(3)18-26-35)36-27-19-32(4)20-28-36/h5-28H,1-4H3. The van der Waals surface area contributed by atoms with Gasteiger partial charge in [-0.1, -0.05) is 168 Å². The van der Waals surface area contributed by atoms with Gasteiger partial charge in [-0.15, -0.1) is 0 Å². The lowest BCUT2D eigenvalue weighted by molar-refractivity contribution is 1.49. The van der Waals surface area contributed by atoms with Crippen LogP contribution in [0.1, 0.15) is 22.3 Å². The van der Waals surface area contributed by atoms with Gasteiger partial charge in [0.25, 0.3) is 0 Å². The molecule has 0 bridgehead atoms. The third-order valence-electron chi connectivity index (χ3n) is 7.75. The maximum atomic E-state index is 2.36. The molecule has 0 aromatic heterocycles. The van der Waals surface area contributed by atoms with Crippen molar-refractivity contribution in [3.63, 3.8) is 0 Å². The SMILES string of the molecule is Cc1ccc(P(c2ccc(C)cc2)c2ccccc2-c2ccccc2P(c2ccc(C)cc2)c2ccc(C)cc2)cc1. The normalized spacial score (nSPS) is 11.3. The fraction of sp³-hybridized carbons (Fsp3) is 0.100. The quantitative estimate of drug-likeness (QED) is 0.168. The van der Waals surface area contributed by atoms with E-state index < -0.39 is 15.8 Å². The summed E-state index contributed by atoms with van der Waals surface area (Å²) in [6.07, 6.45) is 0. The fourth-order valence-electron chi connectivity index (χ4n) is 5.42. The second-order valence-corrected chi connectivity index (χ2v) is 15.4. The third-order valence-corrected chi connectivity index (χ3v) is 12.8. The molecule has 0 aliphatic carbocycles. The van der Waals surface area contributed by atoms with Gasteiger partial charge in [0.1, 0.15) is 0 Å². The van der Waals surface area contributed by atoms with E-state index in [-0.39, 0.29) is 0 Å². The van der Waals surface area contributed by atoms with Crippen molar-refractivity contribution >= 4 is 47.7 Å². The number of hydrogen-bond donors (Lipinski definition) is 0. The highest BCUT2D eigenvalue weighted by molar-refractivity contribution is 7.80. The molecule has 0 saturated carbocycles. The van der Waals surface area contributed by atoms with Gasteiger partial charge in [0, 0.05) is 0 Å². The highest BCUT2D eigenvalue weighted by Gasteiger charge is 2.25. The Kier molecular flexibility index (Phi) is 8.48. The van der Waals surface area contributed by atoms with Crippen LogP contribution in [-0.2, 0) is 0 Å². The van der Waals surface area contributed by atoms with E-state index in [0.717, 1.165) is 0 Å². The molecule has 0 radical (unpaired) electrons. The summed E-state index contributed by atoms with van der Waals surface area (Å²) >= 11 is 0. The molecule has 42 heavy (non-hydrogen) atoms. The molecular formula is C40H36P2. The molecule has 2 heteroatoms. The zero-order valence-electron chi connectivity index (χ0n) is 24.8. The zero-order chi connectivity index (χ0) is 29.1. The van der Waals surface area contributed by atoms with Crippen LogP contribution in [0, 0.1) is 27.7 Å². The van der Waals surface area contributed by atoms with E-state index in [0.29, 0.717) is 0 Å². The first kappa shape index (κ1) is 28.3. The fourth-order valence-corrected chi connectivity index (χ4v) is 10.3. The van der Waals surface area contributed by atoms with E-state index in [1.54, 1.807) is 0 Å². The van der Waals surface area contributed by atoms with Crippen LogP contribution >= 0.6 is 15.8 Å². The average molecular weight is 579 g/mol. The Hall–Kier alpha value is -3.82. The first-order valence-electron chi connectivity index (χ1n) is 14.5. The molecule has 0 N–H and O–H groups in total. The van der Waals surface area contributed by atoms with E-state index in [1.165, 1.54) is 65.2 Å². The minimum absolute atomic E-state index is 0.757. The van der Waals surface area contributed by atoms with Gasteiger partial charge in [-0.05, 0) is 86.5 Å². The van der Waals surface area contributed by atoms with Gasteiger partial charge in [-0.3, -0.25) is 0 Å². The second-order valence-electron chi connectivity index (χ2n) is 11.0. The molecule has 0 saturated heterocycles. The van der Waals surface area contributed by atoms with Crippen molar-refractivity contribution in [1.29, 1.82) is 0 Å². The maximum Gasteiger partial charge on any atom is -0.00724 e. The minimum Gasteiger partial charge on any atom is -0.0616 e. The summed E-state index contributed by atoms with van der Waals surface area (Å²) in [5.41, 5.74) is 7.81. The van der Waals surface area contributed by atoms with Crippen LogP contribution in [0.25, 0.3) is 11.1 Å². The summed E-state index contributed by atoms with van der Waals surface area (Å²) in [6.45, 7) is 8.67. The zero-order valence-corrected chi connectivity index (χ0v) is 26.5. The molecule has 0 atom stereocenters. The van der Waals surface area contributed by atoms with E-state index in [1.807, 2.05) is 0 Å². The van der Waals surface area contributed by atoms with Gasteiger partial charge in [0.15, 0.2) is 0 Å². The Balaban J connectivity index is 1.57. The van der Waals surface area contributed by atoms with Gasteiger partial charge in [0.05, 0.1) is 0 Å². The molecule has 0 spiro atoms. The lowest BCUT2D eigenvalue weighted by Gasteiger charge is -2.26. The summed E-state index contributed by atoms with van der Waals surface area (Å²) < 4.78 is 0. The van der Waals surface area contributed by atoms with Crippen LogP contribution in [0.4, 0.5) is 0 Å². The van der Waals surface area contributed by atoms with Crippen LogP contribution in [0.3, 0.4) is 0 Å². The molecule has 6 rings (SSSR count). The van der Waals surface area contributed by atoms with Crippen molar-refractivity contribution in [2.75, 3.05) is 0 Å². The summed E-state index contributed by atoms with van der Waals surface area (Å²) in [5.74, 6) is 0. The molecule has 0 aliphatic heterocycles. The summed E-state index contributed by atoms with van der Waals surface area (Å²) in [4.78, 5) is 0. The topological polar surface area (TPSA) is 0 Å². The van der Waals surface area contributed by atoms with Crippen molar-refractivity contribution in [3.8, 4) is 11.1 Å². The molecule has 0 amide bonds. The van der Waals surface area contributed by atoms with Crippen LogP contribution < -0.4 is 31.8 Å². The molecule has 6 aromatic carbocycles. The van der Waals surface area contributed by atoms with E-state index >= 15 is 0 Å². The van der Waals surface area contributed by atoms with Crippen molar-refractivity contribution in [3.05, 3.63) is 168 Å². The van der Waals surface area contributed by atoms with Crippen molar-refractivity contribution < 1.29 is 0 Å². The van der Waals surface area contributed by atoms with Gasteiger partial charge in [-0.25, -0.2) is 0 Å². The minimum atomic E-state index is -0.757. The average Bonchev–Trinajstić information content (AvgIpc) is 3.02. The van der Waals surface area contributed by atoms with Crippen LogP contribution in [0.5, 0.6) is 0 Å². The Morgan fingerprint density at radius 2 is 0.524 bits per heavy atom. The van der Waals surface area contributed by atoms with Crippen LogP contribution in [0.2, 0.25) is 0 Å². The third kappa shape index (κ3) is 6.03. The number of rotatable bonds is 7. The van der Waals surface area contributed by atoms with Gasteiger partial charge < -0.3 is 0 Å². The lowest BCUT2D eigenvalue weighted by atomic mass is 10.1. The first-order valence-corrected chi connectivity index (χ1v) is 17.2. The highest BCUT2D eigenvalue weighted by Crippen LogP contribution is 2.41. The number of benzene rings is 6. The van der Waals surface area contributed by atoms with Crippen molar-refractivity contribution in [1.82, 2.24) is 0 Å². The molecule has 0 heterocycles. The largest absolute Gasteiger partial charge is 0.0616 e. The van der Waals surface area contributed by atoms with Crippen molar-refractivity contribution in [2.24, 2.45) is 0 Å². The number of aryl methyl sites for hydroxylation is 4. The van der Waals surface area contributed by atoms with E-state index in [4.69, 9.17) is 0 Å². The Bertz CT molecular complexity index is 1550. The maximum absolute atomic E-state index is 2.36. The van der Waals surface area contributed by atoms with Gasteiger partial charge >= 0.3 is 0 Å². The Morgan fingerprint density at radius 3 is 0.786 bits per heavy atom. The molecule has 0 unspecified atom stereocenters. The predicted molar refractivity (Wildman–Crippen MR) is 188 cm³/mol. The Labute approximate surface area is 253 Å².